The molecule has 0 aliphatic carbocycles. The summed E-state index contributed by atoms with van der Waals surface area (Å²) in [5.74, 6) is 1.02. The second-order valence-corrected chi connectivity index (χ2v) is 5.66. The third kappa shape index (κ3) is 3.66. The average molecular weight is 352 g/mol. The molecule has 0 saturated carbocycles. The minimum Gasteiger partial charge on any atom is -0.493 e. The summed E-state index contributed by atoms with van der Waals surface area (Å²) in [5, 5.41) is 4.17. The fraction of sp³-hybridized carbons (Fsp3) is 0.211. The van der Waals surface area contributed by atoms with Crippen molar-refractivity contribution in [2.75, 3.05) is 14.2 Å². The number of amides is 1. The average Bonchev–Trinajstić information content (AvgIpc) is 3.08. The second-order valence-electron chi connectivity index (χ2n) is 5.66. The van der Waals surface area contributed by atoms with Gasteiger partial charge < -0.3 is 14.0 Å². The third-order valence-corrected chi connectivity index (χ3v) is 3.99. The third-order valence-electron chi connectivity index (χ3n) is 3.99. The summed E-state index contributed by atoms with van der Waals surface area (Å²) in [4.78, 5) is 16.5. The first-order valence-electron chi connectivity index (χ1n) is 8.07. The molecule has 3 rings (SSSR count). The van der Waals surface area contributed by atoms with Crippen molar-refractivity contribution < 1.29 is 14.3 Å². The van der Waals surface area contributed by atoms with Crippen LogP contribution in [0.5, 0.6) is 11.5 Å². The number of methoxy groups -OCH3 is 2. The zero-order valence-electron chi connectivity index (χ0n) is 14.9. The van der Waals surface area contributed by atoms with Crippen molar-refractivity contribution in [3.8, 4) is 11.5 Å². The number of para-hydroxylation sites is 2. The molecule has 7 nitrogen and oxygen atoms in total. The van der Waals surface area contributed by atoms with Crippen LogP contribution in [0, 0.1) is 0 Å². The number of carbonyl (C=O) groups is 1. The van der Waals surface area contributed by atoms with Gasteiger partial charge in [0, 0.05) is 5.56 Å². The number of hydrogen-bond acceptors (Lipinski definition) is 5. The molecule has 2 aromatic carbocycles. The number of rotatable bonds is 6. The Morgan fingerprint density at radius 2 is 1.92 bits per heavy atom. The van der Waals surface area contributed by atoms with Crippen LogP contribution in [0.1, 0.15) is 12.5 Å². The molecule has 0 radical (unpaired) electrons. The van der Waals surface area contributed by atoms with Gasteiger partial charge in [0.15, 0.2) is 11.5 Å². The first-order valence-corrected chi connectivity index (χ1v) is 8.07. The topological polar surface area (TPSA) is 77.7 Å². The Morgan fingerprint density at radius 3 is 2.69 bits per heavy atom. The van der Waals surface area contributed by atoms with Gasteiger partial charge in [-0.25, -0.2) is 10.4 Å². The highest BCUT2D eigenvalue weighted by atomic mass is 16.5. The number of hydrazone groups is 1. The minimum absolute atomic E-state index is 0.142. The van der Waals surface area contributed by atoms with Crippen LogP contribution in [0.25, 0.3) is 11.0 Å². The summed E-state index contributed by atoms with van der Waals surface area (Å²) in [7, 11) is 3.16. The van der Waals surface area contributed by atoms with Gasteiger partial charge in [-0.3, -0.25) is 4.79 Å². The first kappa shape index (κ1) is 17.5. The van der Waals surface area contributed by atoms with Crippen LogP contribution in [0.3, 0.4) is 0 Å². The molecular formula is C19H20N4O3. The van der Waals surface area contributed by atoms with Crippen molar-refractivity contribution in [2.45, 2.75) is 13.5 Å². The van der Waals surface area contributed by atoms with E-state index in [1.165, 1.54) is 0 Å². The minimum atomic E-state index is -0.229. The molecule has 1 N–H and O–H groups in total. The molecule has 0 spiro atoms. The molecule has 0 fully saturated rings. The highest BCUT2D eigenvalue weighted by Gasteiger charge is 2.09. The van der Waals surface area contributed by atoms with Crippen molar-refractivity contribution in [2.24, 2.45) is 5.10 Å². The Hall–Kier alpha value is -3.35. The van der Waals surface area contributed by atoms with Gasteiger partial charge in [-0.2, -0.15) is 5.10 Å². The molecule has 1 aromatic heterocycles. The normalized spacial score (nSPS) is 11.4. The van der Waals surface area contributed by atoms with Gasteiger partial charge >= 0.3 is 0 Å². The Morgan fingerprint density at radius 1 is 1.15 bits per heavy atom. The van der Waals surface area contributed by atoms with E-state index >= 15 is 0 Å². The fourth-order valence-corrected chi connectivity index (χ4v) is 2.60. The molecule has 134 valence electrons. The molecule has 26 heavy (non-hydrogen) atoms. The summed E-state index contributed by atoms with van der Waals surface area (Å²) in [6.07, 6.45) is 1.65. The second kappa shape index (κ2) is 7.69. The number of imidazole rings is 1. The van der Waals surface area contributed by atoms with Gasteiger partial charge in [0.05, 0.1) is 37.3 Å². The number of carbonyl (C=O) groups excluding carboxylic acids is 1. The SMILES string of the molecule is COc1ccc(/C(C)=N/NC(=O)Cn2cnc3ccccc32)cc1OC. The lowest BCUT2D eigenvalue weighted by Gasteiger charge is -2.09. The van der Waals surface area contributed by atoms with Crippen LogP contribution >= 0.6 is 0 Å². The van der Waals surface area contributed by atoms with Crippen LogP contribution in [-0.2, 0) is 11.3 Å². The van der Waals surface area contributed by atoms with Gasteiger partial charge in [-0.1, -0.05) is 12.1 Å². The predicted molar refractivity (Wildman–Crippen MR) is 99.6 cm³/mol. The van der Waals surface area contributed by atoms with Crippen molar-refractivity contribution in [3.63, 3.8) is 0 Å². The smallest absolute Gasteiger partial charge is 0.260 e. The Balaban J connectivity index is 1.69. The lowest BCUT2D eigenvalue weighted by molar-refractivity contribution is -0.121. The van der Waals surface area contributed by atoms with Gasteiger partial charge in [0.1, 0.15) is 6.54 Å². The first-order chi connectivity index (χ1) is 12.6. The van der Waals surface area contributed by atoms with E-state index in [4.69, 9.17) is 9.47 Å². The Kier molecular flexibility index (Phi) is 5.17. The van der Waals surface area contributed by atoms with Crippen molar-refractivity contribution in [1.82, 2.24) is 15.0 Å². The molecule has 1 heterocycles. The summed E-state index contributed by atoms with van der Waals surface area (Å²) in [5.41, 5.74) is 5.83. The van der Waals surface area contributed by atoms with Crippen LogP contribution in [0.2, 0.25) is 0 Å². The zero-order chi connectivity index (χ0) is 18.5. The number of hydrogen-bond donors (Lipinski definition) is 1. The lowest BCUT2D eigenvalue weighted by atomic mass is 10.1. The maximum atomic E-state index is 12.2. The molecule has 0 saturated heterocycles. The van der Waals surface area contributed by atoms with E-state index in [1.807, 2.05) is 43.3 Å². The number of fused-ring (bicyclic) bond motifs is 1. The van der Waals surface area contributed by atoms with Crippen LogP contribution in [-0.4, -0.2) is 35.4 Å². The predicted octanol–water partition coefficient (Wildman–Crippen LogP) is 2.59. The highest BCUT2D eigenvalue weighted by molar-refractivity contribution is 5.99. The van der Waals surface area contributed by atoms with E-state index in [9.17, 15) is 4.79 Å². The molecule has 7 heteroatoms. The quantitative estimate of drug-likeness (QED) is 0.546. The van der Waals surface area contributed by atoms with E-state index in [0.717, 1.165) is 16.6 Å². The molecular weight excluding hydrogens is 332 g/mol. The maximum absolute atomic E-state index is 12.2. The molecule has 0 bridgehead atoms. The standard InChI is InChI=1S/C19H20N4O3/c1-13(14-8-9-17(25-2)18(10-14)26-3)21-22-19(24)11-23-12-20-15-6-4-5-7-16(15)23/h4-10,12H,11H2,1-3H3,(H,22,24)/b21-13+. The van der Waals surface area contributed by atoms with E-state index in [0.29, 0.717) is 17.2 Å². The van der Waals surface area contributed by atoms with E-state index < -0.39 is 0 Å². The number of nitrogens with zero attached hydrogens (tertiary/aromatic N) is 3. The summed E-state index contributed by atoms with van der Waals surface area (Å²) in [6.45, 7) is 1.96. The van der Waals surface area contributed by atoms with Crippen molar-refractivity contribution in [1.29, 1.82) is 0 Å². The molecule has 3 aromatic rings. The van der Waals surface area contributed by atoms with Crippen LogP contribution in [0.4, 0.5) is 0 Å². The molecule has 0 atom stereocenters. The lowest BCUT2D eigenvalue weighted by Crippen LogP contribution is -2.24. The number of nitrogens with one attached hydrogen (secondary N) is 1. The Bertz CT molecular complexity index is 962. The van der Waals surface area contributed by atoms with Gasteiger partial charge in [0.25, 0.3) is 5.91 Å². The highest BCUT2D eigenvalue weighted by Crippen LogP contribution is 2.27. The van der Waals surface area contributed by atoms with Gasteiger partial charge in [0.2, 0.25) is 0 Å². The maximum Gasteiger partial charge on any atom is 0.260 e. The van der Waals surface area contributed by atoms with Gasteiger partial charge in [-0.05, 0) is 37.3 Å². The summed E-state index contributed by atoms with van der Waals surface area (Å²) < 4.78 is 12.3. The Labute approximate surface area is 151 Å². The largest absolute Gasteiger partial charge is 0.493 e. The fourth-order valence-electron chi connectivity index (χ4n) is 2.60. The molecule has 0 unspecified atom stereocenters. The van der Waals surface area contributed by atoms with Crippen molar-refractivity contribution >= 4 is 22.7 Å². The summed E-state index contributed by atoms with van der Waals surface area (Å²) >= 11 is 0. The van der Waals surface area contributed by atoms with Gasteiger partial charge in [-0.15, -0.1) is 0 Å². The number of ether oxygens (including phenoxy) is 2. The monoisotopic (exact) mass is 352 g/mol. The van der Waals surface area contributed by atoms with Crippen LogP contribution in [0.15, 0.2) is 53.9 Å². The number of aromatic nitrogens is 2. The van der Waals surface area contributed by atoms with Crippen molar-refractivity contribution in [3.05, 3.63) is 54.4 Å². The van der Waals surface area contributed by atoms with E-state index in [1.54, 1.807) is 31.2 Å². The molecule has 1 amide bonds. The zero-order valence-corrected chi connectivity index (χ0v) is 14.9. The van der Waals surface area contributed by atoms with E-state index in [-0.39, 0.29) is 12.5 Å². The molecule has 0 aliphatic heterocycles. The van der Waals surface area contributed by atoms with Crippen LogP contribution < -0.4 is 14.9 Å². The van der Waals surface area contributed by atoms with E-state index in [2.05, 4.69) is 15.5 Å². The number of benzene rings is 2. The summed E-state index contributed by atoms with van der Waals surface area (Å²) in [6, 6.07) is 13.1. The molecule has 0 aliphatic rings.